The molecule has 0 aliphatic heterocycles. The molecule has 5 aromatic rings. The number of pyridine rings is 2. The molecule has 10 heteroatoms. The zero-order valence-corrected chi connectivity index (χ0v) is 26.3. The molecule has 2 aromatic heterocycles. The molecule has 1 aliphatic rings. The first-order valence-corrected chi connectivity index (χ1v) is 13.9. The standard InChI is InChI=1S/C25H20F6N.C11H7FN.Ir/c26-24(27,28)23(25(29,30)31)13-10-19(11-14-23)17-6-8-18(9-7-17)21-12-15-32-22(16-21)20-4-2-1-3-5-20;12-10-6-4-9(5-7-10)11-3-1-2-8-13-11;/h1-4,6-9,12,15-16,19H,10-11,13-14H2;1-4,6-8H;/q2*-1;/i8D,9D,19D;;. The quantitative estimate of drug-likeness (QED) is 0.133. The molecule has 0 N–H and O–H groups in total. The second-order valence-corrected chi connectivity index (χ2v) is 10.4. The van der Waals surface area contributed by atoms with E-state index < -0.39 is 49.3 Å². The Labute approximate surface area is 280 Å². The van der Waals surface area contributed by atoms with Crippen LogP contribution in [0.4, 0.5) is 30.7 Å². The number of alkyl halides is 6. The van der Waals surface area contributed by atoms with E-state index in [1.54, 1.807) is 42.6 Å². The predicted octanol–water partition coefficient (Wildman–Crippen LogP) is 10.7. The van der Waals surface area contributed by atoms with Crippen molar-refractivity contribution in [3.8, 4) is 33.6 Å². The van der Waals surface area contributed by atoms with Gasteiger partial charge in [-0.25, -0.2) is 0 Å². The van der Waals surface area contributed by atoms with Gasteiger partial charge in [0, 0.05) is 39.7 Å². The molecule has 46 heavy (non-hydrogen) atoms. The summed E-state index contributed by atoms with van der Waals surface area (Å²) in [7, 11) is 0. The normalized spacial score (nSPS) is 16.5. The fourth-order valence-electron chi connectivity index (χ4n) is 5.12. The van der Waals surface area contributed by atoms with Crippen LogP contribution < -0.4 is 0 Å². The summed E-state index contributed by atoms with van der Waals surface area (Å²) in [5.74, 6) is -2.04. The Kier molecular flexibility index (Phi) is 9.82. The number of aromatic nitrogens is 2. The van der Waals surface area contributed by atoms with Crippen molar-refractivity contribution in [1.82, 2.24) is 9.97 Å². The average Bonchev–Trinajstić information content (AvgIpc) is 3.05. The van der Waals surface area contributed by atoms with E-state index in [-0.39, 0.29) is 49.1 Å². The Morgan fingerprint density at radius 2 is 1.39 bits per heavy atom. The summed E-state index contributed by atoms with van der Waals surface area (Å²) in [5.41, 5.74) is -0.165. The van der Waals surface area contributed by atoms with Gasteiger partial charge in [-0.15, -0.1) is 65.7 Å². The second-order valence-electron chi connectivity index (χ2n) is 10.4. The minimum atomic E-state index is -5.48. The molecule has 1 fully saturated rings. The molecule has 0 unspecified atom stereocenters. The van der Waals surface area contributed by atoms with E-state index in [0.717, 1.165) is 11.3 Å². The molecule has 241 valence electrons. The van der Waals surface area contributed by atoms with Gasteiger partial charge in [0.1, 0.15) is 0 Å². The minimum absolute atomic E-state index is 0. The van der Waals surface area contributed by atoms with Crippen molar-refractivity contribution in [1.29, 1.82) is 0 Å². The Bertz CT molecular complexity index is 1810. The smallest absolute Gasteiger partial charge is 0.305 e. The monoisotopic (exact) mass is 816 g/mol. The fourth-order valence-corrected chi connectivity index (χ4v) is 5.12. The summed E-state index contributed by atoms with van der Waals surface area (Å²) in [6.45, 7) is 0. The van der Waals surface area contributed by atoms with Gasteiger partial charge in [-0.1, -0.05) is 42.4 Å². The van der Waals surface area contributed by atoms with Crippen molar-refractivity contribution in [3.63, 3.8) is 0 Å². The largest absolute Gasteiger partial charge is 0.403 e. The van der Waals surface area contributed by atoms with Crippen molar-refractivity contribution < 1.29 is 55.0 Å². The first-order chi connectivity index (χ1) is 22.6. The van der Waals surface area contributed by atoms with E-state index in [1.807, 2.05) is 24.3 Å². The molecule has 0 spiro atoms. The summed E-state index contributed by atoms with van der Waals surface area (Å²) in [4.78, 5) is 8.41. The van der Waals surface area contributed by atoms with Crippen LogP contribution in [0.5, 0.6) is 0 Å². The number of hydrogen-bond acceptors (Lipinski definition) is 2. The topological polar surface area (TPSA) is 25.8 Å². The summed E-state index contributed by atoms with van der Waals surface area (Å²) in [5, 5.41) is 0. The number of halogens is 7. The van der Waals surface area contributed by atoms with Crippen LogP contribution in [0.3, 0.4) is 0 Å². The zero-order chi connectivity index (χ0) is 34.7. The maximum Gasteiger partial charge on any atom is 0.403 e. The molecule has 0 saturated heterocycles. The molecule has 1 aliphatic carbocycles. The van der Waals surface area contributed by atoms with E-state index in [4.69, 9.17) is 4.11 Å². The zero-order valence-electron chi connectivity index (χ0n) is 26.9. The molecule has 1 saturated carbocycles. The van der Waals surface area contributed by atoms with E-state index in [0.29, 0.717) is 16.8 Å². The Morgan fingerprint density at radius 3 is 1.96 bits per heavy atom. The number of rotatable bonds is 4. The summed E-state index contributed by atoms with van der Waals surface area (Å²) < 4.78 is 119. The van der Waals surface area contributed by atoms with Gasteiger partial charge in [-0.2, -0.15) is 26.3 Å². The van der Waals surface area contributed by atoms with Crippen LogP contribution in [0.15, 0.2) is 109 Å². The van der Waals surface area contributed by atoms with Gasteiger partial charge in [0.2, 0.25) is 0 Å². The SMILES string of the molecule is Fc1c[c-]c(-c2ccccn2)cc1.[2H]c1cc(C2([2H])CCC(C(F)(F)F)(C(F)(F)F)CC2)cc([2H])c1-c1ccnc(-c2[c-]cccc2)c1.[Ir]. The van der Waals surface area contributed by atoms with Gasteiger partial charge in [0.15, 0.2) is 5.41 Å². The van der Waals surface area contributed by atoms with E-state index in [2.05, 4.69) is 22.1 Å². The Morgan fingerprint density at radius 1 is 0.739 bits per heavy atom. The third kappa shape index (κ3) is 7.91. The molecule has 0 atom stereocenters. The van der Waals surface area contributed by atoms with Gasteiger partial charge in [-0.3, -0.25) is 4.39 Å². The number of hydrogen-bond donors (Lipinski definition) is 0. The van der Waals surface area contributed by atoms with Crippen molar-refractivity contribution in [2.75, 3.05) is 0 Å². The fraction of sp³-hybridized carbons (Fsp3) is 0.222. The maximum atomic E-state index is 13.4. The summed E-state index contributed by atoms with van der Waals surface area (Å²) in [6, 6.07) is 28.5. The van der Waals surface area contributed by atoms with Crippen molar-refractivity contribution >= 4 is 0 Å². The van der Waals surface area contributed by atoms with Gasteiger partial charge in [0.25, 0.3) is 0 Å². The molecule has 2 nitrogen and oxygen atoms in total. The molecule has 1 radical (unpaired) electrons. The van der Waals surface area contributed by atoms with Crippen LogP contribution in [0, 0.1) is 23.4 Å². The van der Waals surface area contributed by atoms with Crippen LogP contribution >= 0.6 is 0 Å². The van der Waals surface area contributed by atoms with E-state index in [9.17, 15) is 30.7 Å². The second kappa shape index (κ2) is 14.7. The van der Waals surface area contributed by atoms with Crippen LogP contribution in [0.1, 0.15) is 41.3 Å². The van der Waals surface area contributed by atoms with Crippen LogP contribution in [0.2, 0.25) is 0 Å². The average molecular weight is 816 g/mol. The van der Waals surface area contributed by atoms with Gasteiger partial charge in [0.05, 0.1) is 2.74 Å². The minimum Gasteiger partial charge on any atom is -0.305 e. The van der Waals surface area contributed by atoms with Crippen molar-refractivity contribution in [2.45, 2.75) is 43.9 Å². The van der Waals surface area contributed by atoms with Crippen LogP contribution in [-0.2, 0) is 20.1 Å². The molecular weight excluding hydrogens is 786 g/mol. The number of benzene rings is 3. The van der Waals surface area contributed by atoms with E-state index in [1.165, 1.54) is 30.5 Å². The molecule has 0 amide bonds. The Balaban J connectivity index is 0.000000323. The van der Waals surface area contributed by atoms with Crippen molar-refractivity contribution in [2.24, 2.45) is 5.41 Å². The Hall–Kier alpha value is -3.88. The third-order valence-electron chi connectivity index (χ3n) is 7.69. The van der Waals surface area contributed by atoms with Crippen molar-refractivity contribution in [3.05, 3.63) is 133 Å². The van der Waals surface area contributed by atoms with E-state index >= 15 is 0 Å². The van der Waals surface area contributed by atoms with Gasteiger partial charge < -0.3 is 9.97 Å². The third-order valence-corrected chi connectivity index (χ3v) is 7.69. The first kappa shape index (κ1) is 30.8. The molecule has 0 bridgehead atoms. The molecule has 2 heterocycles. The molecule has 3 aromatic carbocycles. The van der Waals surface area contributed by atoms with Crippen LogP contribution in [0.25, 0.3) is 33.6 Å². The van der Waals surface area contributed by atoms with Crippen LogP contribution in [-0.4, -0.2) is 22.3 Å². The van der Waals surface area contributed by atoms with Gasteiger partial charge in [-0.05, 0) is 71.8 Å². The maximum absolute atomic E-state index is 13.4. The molecular formula is C36H27F7IrN2-2. The van der Waals surface area contributed by atoms with Gasteiger partial charge >= 0.3 is 12.4 Å². The first-order valence-electron chi connectivity index (χ1n) is 15.4. The summed E-state index contributed by atoms with van der Waals surface area (Å²) in [6.07, 6.45) is -11.7. The number of nitrogens with zero attached hydrogens (tertiary/aromatic N) is 2. The summed E-state index contributed by atoms with van der Waals surface area (Å²) >= 11 is 0. The molecule has 6 rings (SSSR count). The predicted molar refractivity (Wildman–Crippen MR) is 158 cm³/mol.